The van der Waals surface area contributed by atoms with E-state index in [2.05, 4.69) is 0 Å². The Kier molecular flexibility index (Phi) is 4.44. The van der Waals surface area contributed by atoms with Gasteiger partial charge < -0.3 is 9.84 Å². The van der Waals surface area contributed by atoms with E-state index in [1.54, 1.807) is 12.1 Å². The first-order valence-corrected chi connectivity index (χ1v) is 5.43. The van der Waals surface area contributed by atoms with E-state index in [1.807, 2.05) is 20.8 Å². The molecular weight excluding hydrogens is 207 g/mol. The summed E-state index contributed by atoms with van der Waals surface area (Å²) in [6, 6.07) is 6.14. The summed E-state index contributed by atoms with van der Waals surface area (Å²) in [5.74, 6) is -0.260. The summed E-state index contributed by atoms with van der Waals surface area (Å²) in [5.41, 5.74) is 0.662. The molecule has 0 bridgehead atoms. The molecule has 1 rings (SSSR count). The number of benzene rings is 1. The van der Waals surface area contributed by atoms with Crippen LogP contribution in [0.4, 0.5) is 4.39 Å². The van der Waals surface area contributed by atoms with Gasteiger partial charge in [-0.05, 0) is 38.5 Å². The van der Waals surface area contributed by atoms with Crippen molar-refractivity contribution >= 4 is 0 Å². The van der Waals surface area contributed by atoms with Crippen LogP contribution < -0.4 is 0 Å². The first kappa shape index (κ1) is 13.1. The van der Waals surface area contributed by atoms with Crippen LogP contribution in [0, 0.1) is 5.82 Å². The Balaban J connectivity index is 2.39. The lowest BCUT2D eigenvalue weighted by atomic mass is 10.1. The zero-order valence-corrected chi connectivity index (χ0v) is 10.0. The van der Waals surface area contributed by atoms with Gasteiger partial charge in [-0.15, -0.1) is 0 Å². The zero-order chi connectivity index (χ0) is 12.2. The molecule has 0 radical (unpaired) electrons. The highest BCUT2D eigenvalue weighted by molar-refractivity contribution is 5.16. The van der Waals surface area contributed by atoms with E-state index in [1.165, 1.54) is 12.1 Å². The van der Waals surface area contributed by atoms with Crippen LogP contribution in [0.15, 0.2) is 24.3 Å². The predicted octanol–water partition coefficient (Wildman–Crippen LogP) is 2.54. The van der Waals surface area contributed by atoms with E-state index < -0.39 is 6.10 Å². The molecule has 0 saturated carbocycles. The van der Waals surface area contributed by atoms with Gasteiger partial charge in [0.2, 0.25) is 0 Å². The van der Waals surface area contributed by atoms with Crippen molar-refractivity contribution in [3.8, 4) is 0 Å². The standard InChI is InChI=1S/C13H19FO2/c1-13(2,3)16-9-12(15)8-10-4-6-11(14)7-5-10/h4-7,12,15H,8-9H2,1-3H3. The molecule has 0 aliphatic rings. The van der Waals surface area contributed by atoms with Gasteiger partial charge in [-0.25, -0.2) is 4.39 Å². The van der Waals surface area contributed by atoms with Gasteiger partial charge in [-0.2, -0.15) is 0 Å². The van der Waals surface area contributed by atoms with Crippen molar-refractivity contribution in [2.24, 2.45) is 0 Å². The number of ether oxygens (including phenoxy) is 1. The summed E-state index contributed by atoms with van der Waals surface area (Å²) in [6.07, 6.45) is -0.0687. The number of hydrogen-bond acceptors (Lipinski definition) is 2. The van der Waals surface area contributed by atoms with Crippen molar-refractivity contribution in [3.63, 3.8) is 0 Å². The van der Waals surface area contributed by atoms with Gasteiger partial charge in [0.25, 0.3) is 0 Å². The normalized spacial score (nSPS) is 13.8. The van der Waals surface area contributed by atoms with E-state index in [-0.39, 0.29) is 11.4 Å². The molecule has 1 aromatic carbocycles. The van der Waals surface area contributed by atoms with Gasteiger partial charge >= 0.3 is 0 Å². The Hall–Kier alpha value is -0.930. The van der Waals surface area contributed by atoms with Crippen molar-refractivity contribution in [2.45, 2.75) is 38.9 Å². The van der Waals surface area contributed by atoms with E-state index >= 15 is 0 Å². The molecule has 1 unspecified atom stereocenters. The average molecular weight is 226 g/mol. The molecule has 2 nitrogen and oxygen atoms in total. The summed E-state index contributed by atoms with van der Waals surface area (Å²) >= 11 is 0. The van der Waals surface area contributed by atoms with Crippen LogP contribution in [0.5, 0.6) is 0 Å². The molecule has 0 amide bonds. The molecular formula is C13H19FO2. The summed E-state index contributed by atoms with van der Waals surface area (Å²) in [5, 5.41) is 9.72. The van der Waals surface area contributed by atoms with Crippen LogP contribution in [0.3, 0.4) is 0 Å². The molecule has 0 heterocycles. The lowest BCUT2D eigenvalue weighted by Crippen LogP contribution is -2.27. The molecule has 0 saturated heterocycles. The third-order valence-electron chi connectivity index (χ3n) is 2.09. The molecule has 3 heteroatoms. The second-order valence-electron chi connectivity index (χ2n) is 4.91. The van der Waals surface area contributed by atoms with Crippen molar-refractivity contribution in [3.05, 3.63) is 35.6 Å². The van der Waals surface area contributed by atoms with Crippen molar-refractivity contribution < 1.29 is 14.2 Å². The van der Waals surface area contributed by atoms with Crippen LogP contribution in [-0.4, -0.2) is 23.4 Å². The maximum atomic E-state index is 12.6. The van der Waals surface area contributed by atoms with E-state index in [9.17, 15) is 9.50 Å². The quantitative estimate of drug-likeness (QED) is 0.855. The van der Waals surface area contributed by atoms with Crippen LogP contribution >= 0.6 is 0 Å². The summed E-state index contributed by atoms with van der Waals surface area (Å²) < 4.78 is 18.1. The van der Waals surface area contributed by atoms with Crippen molar-refractivity contribution in [1.82, 2.24) is 0 Å². The molecule has 0 aliphatic carbocycles. The lowest BCUT2D eigenvalue weighted by Gasteiger charge is -2.22. The van der Waals surface area contributed by atoms with Gasteiger partial charge in [0.1, 0.15) is 5.82 Å². The molecule has 1 aromatic rings. The van der Waals surface area contributed by atoms with Gasteiger partial charge in [0.05, 0.1) is 18.3 Å². The van der Waals surface area contributed by atoms with Crippen LogP contribution in [0.2, 0.25) is 0 Å². The molecule has 90 valence electrons. The van der Waals surface area contributed by atoms with Crippen LogP contribution in [-0.2, 0) is 11.2 Å². The third kappa shape index (κ3) is 5.24. The van der Waals surface area contributed by atoms with E-state index in [4.69, 9.17) is 4.74 Å². The number of aliphatic hydroxyl groups excluding tert-OH is 1. The fourth-order valence-electron chi connectivity index (χ4n) is 1.30. The van der Waals surface area contributed by atoms with Gasteiger partial charge in [0, 0.05) is 6.42 Å². The van der Waals surface area contributed by atoms with Crippen molar-refractivity contribution in [2.75, 3.05) is 6.61 Å². The molecule has 0 aliphatic heterocycles. The van der Waals surface area contributed by atoms with Gasteiger partial charge in [-0.1, -0.05) is 12.1 Å². The number of halogens is 1. The second kappa shape index (κ2) is 5.41. The molecule has 1 atom stereocenters. The largest absolute Gasteiger partial charge is 0.390 e. The maximum absolute atomic E-state index is 12.6. The molecule has 0 aromatic heterocycles. The summed E-state index contributed by atoms with van der Waals surface area (Å²) in [6.45, 7) is 6.12. The fourth-order valence-corrected chi connectivity index (χ4v) is 1.30. The second-order valence-corrected chi connectivity index (χ2v) is 4.91. The maximum Gasteiger partial charge on any atom is 0.123 e. The number of aliphatic hydroxyl groups is 1. The van der Waals surface area contributed by atoms with Crippen molar-refractivity contribution in [1.29, 1.82) is 0 Å². The minimum atomic E-state index is -0.551. The van der Waals surface area contributed by atoms with Gasteiger partial charge in [0.15, 0.2) is 0 Å². The molecule has 16 heavy (non-hydrogen) atoms. The molecule has 1 N–H and O–H groups in total. The Morgan fingerprint density at radius 3 is 2.31 bits per heavy atom. The SMILES string of the molecule is CC(C)(C)OCC(O)Cc1ccc(F)cc1. The zero-order valence-electron chi connectivity index (χ0n) is 10.0. The molecule has 0 spiro atoms. The first-order chi connectivity index (χ1) is 7.37. The Bertz CT molecular complexity index is 314. The topological polar surface area (TPSA) is 29.5 Å². The predicted molar refractivity (Wildman–Crippen MR) is 61.8 cm³/mol. The van der Waals surface area contributed by atoms with Gasteiger partial charge in [-0.3, -0.25) is 0 Å². The fraction of sp³-hybridized carbons (Fsp3) is 0.538. The number of hydrogen-bond donors (Lipinski definition) is 1. The average Bonchev–Trinajstić information content (AvgIpc) is 2.18. The molecule has 0 fully saturated rings. The first-order valence-electron chi connectivity index (χ1n) is 5.43. The van der Waals surface area contributed by atoms with E-state index in [0.29, 0.717) is 13.0 Å². The Morgan fingerprint density at radius 2 is 1.81 bits per heavy atom. The van der Waals surface area contributed by atoms with Crippen LogP contribution in [0.25, 0.3) is 0 Å². The summed E-state index contributed by atoms with van der Waals surface area (Å²) in [4.78, 5) is 0. The highest BCUT2D eigenvalue weighted by Crippen LogP contribution is 2.10. The summed E-state index contributed by atoms with van der Waals surface area (Å²) in [7, 11) is 0. The minimum Gasteiger partial charge on any atom is -0.390 e. The minimum absolute atomic E-state index is 0.246. The lowest BCUT2D eigenvalue weighted by molar-refractivity contribution is -0.0482. The number of rotatable bonds is 4. The third-order valence-corrected chi connectivity index (χ3v) is 2.09. The smallest absolute Gasteiger partial charge is 0.123 e. The highest BCUT2D eigenvalue weighted by Gasteiger charge is 2.13. The Labute approximate surface area is 96.1 Å². The monoisotopic (exact) mass is 226 g/mol. The Morgan fingerprint density at radius 1 is 1.25 bits per heavy atom. The van der Waals surface area contributed by atoms with E-state index in [0.717, 1.165) is 5.56 Å². The van der Waals surface area contributed by atoms with Crippen LogP contribution in [0.1, 0.15) is 26.3 Å². The highest BCUT2D eigenvalue weighted by atomic mass is 19.1.